The summed E-state index contributed by atoms with van der Waals surface area (Å²) >= 11 is 0. The fourth-order valence-corrected chi connectivity index (χ4v) is 2.20. The predicted molar refractivity (Wildman–Crippen MR) is 63.4 cm³/mol. The van der Waals surface area contributed by atoms with Gasteiger partial charge in [-0.05, 0) is 31.7 Å². The Bertz CT molecular complexity index is 361. The normalized spacial score (nSPS) is 24.1. The summed E-state index contributed by atoms with van der Waals surface area (Å²) in [4.78, 5) is 19.6. The van der Waals surface area contributed by atoms with Gasteiger partial charge in [0, 0.05) is 18.4 Å². The van der Waals surface area contributed by atoms with Crippen molar-refractivity contribution in [3.8, 4) is 0 Å². The minimum absolute atomic E-state index is 0.0646. The maximum absolute atomic E-state index is 11.4. The Hall–Kier alpha value is -1.65. The molecule has 0 radical (unpaired) electrons. The van der Waals surface area contributed by atoms with Crippen LogP contribution in [0.5, 0.6) is 0 Å². The highest BCUT2D eigenvalue weighted by atomic mass is 16.5. The molecule has 1 N–H and O–H groups in total. The number of nitrogens with one attached hydrogen (secondary N) is 1. The zero-order valence-corrected chi connectivity index (χ0v) is 9.93. The molecular formula is C12H17N3O2. The van der Waals surface area contributed by atoms with Crippen LogP contribution >= 0.6 is 0 Å². The fraction of sp³-hybridized carbons (Fsp3) is 0.583. The van der Waals surface area contributed by atoms with Crippen LogP contribution in [0.25, 0.3) is 0 Å². The molecule has 0 saturated heterocycles. The van der Waals surface area contributed by atoms with Gasteiger partial charge in [0.25, 0.3) is 0 Å². The first-order valence-corrected chi connectivity index (χ1v) is 5.91. The van der Waals surface area contributed by atoms with Crippen LogP contribution in [0, 0.1) is 5.92 Å². The lowest BCUT2D eigenvalue weighted by Crippen LogP contribution is -2.30. The van der Waals surface area contributed by atoms with E-state index in [0.717, 1.165) is 25.7 Å². The number of ether oxygens (including phenoxy) is 1. The molecule has 1 aromatic rings. The minimum Gasteiger partial charge on any atom is -0.469 e. The largest absolute Gasteiger partial charge is 0.469 e. The summed E-state index contributed by atoms with van der Waals surface area (Å²) in [6.07, 6.45) is 7.09. The van der Waals surface area contributed by atoms with Crippen molar-refractivity contribution in [2.45, 2.75) is 31.7 Å². The van der Waals surface area contributed by atoms with Crippen LogP contribution in [-0.4, -0.2) is 29.1 Å². The second-order valence-corrected chi connectivity index (χ2v) is 4.29. The summed E-state index contributed by atoms with van der Waals surface area (Å²) in [5.74, 6) is 0.642. The third kappa shape index (κ3) is 3.15. The van der Waals surface area contributed by atoms with Crippen LogP contribution in [0.3, 0.4) is 0 Å². The topological polar surface area (TPSA) is 64.1 Å². The van der Waals surface area contributed by atoms with Crippen LogP contribution in [-0.2, 0) is 9.53 Å². The van der Waals surface area contributed by atoms with E-state index in [1.165, 1.54) is 7.11 Å². The van der Waals surface area contributed by atoms with Gasteiger partial charge in [0.05, 0.1) is 13.0 Å². The van der Waals surface area contributed by atoms with Crippen LogP contribution in [0.2, 0.25) is 0 Å². The van der Waals surface area contributed by atoms with Crippen molar-refractivity contribution in [2.75, 3.05) is 12.4 Å². The van der Waals surface area contributed by atoms with Gasteiger partial charge in [-0.2, -0.15) is 0 Å². The fourth-order valence-electron chi connectivity index (χ4n) is 2.20. The molecule has 2 rings (SSSR count). The van der Waals surface area contributed by atoms with E-state index in [2.05, 4.69) is 15.3 Å². The van der Waals surface area contributed by atoms with Gasteiger partial charge in [0.1, 0.15) is 0 Å². The summed E-state index contributed by atoms with van der Waals surface area (Å²) in [7, 11) is 1.45. The molecule has 17 heavy (non-hydrogen) atoms. The number of anilines is 1. The lowest BCUT2D eigenvalue weighted by molar-refractivity contribution is -0.146. The molecule has 1 aliphatic carbocycles. The van der Waals surface area contributed by atoms with Crippen molar-refractivity contribution in [3.63, 3.8) is 0 Å². The van der Waals surface area contributed by atoms with E-state index in [1.807, 2.05) is 0 Å². The van der Waals surface area contributed by atoms with Crippen LogP contribution < -0.4 is 5.32 Å². The Morgan fingerprint density at radius 2 is 1.94 bits per heavy atom. The molecule has 0 unspecified atom stereocenters. The number of aromatic nitrogens is 2. The molecule has 1 aromatic heterocycles. The number of rotatable bonds is 3. The summed E-state index contributed by atoms with van der Waals surface area (Å²) in [5.41, 5.74) is 0. The molecule has 0 aliphatic heterocycles. The van der Waals surface area contributed by atoms with Crippen LogP contribution in [0.1, 0.15) is 25.7 Å². The van der Waals surface area contributed by atoms with Crippen molar-refractivity contribution < 1.29 is 9.53 Å². The summed E-state index contributed by atoms with van der Waals surface area (Å²) in [5, 5.41) is 3.28. The zero-order chi connectivity index (χ0) is 12.1. The first-order valence-electron chi connectivity index (χ1n) is 5.91. The van der Waals surface area contributed by atoms with Crippen molar-refractivity contribution >= 4 is 11.9 Å². The number of carbonyl (C=O) groups is 1. The lowest BCUT2D eigenvalue weighted by Gasteiger charge is -2.27. The van der Waals surface area contributed by atoms with Gasteiger partial charge in [0.15, 0.2) is 0 Å². The molecule has 5 nitrogen and oxygen atoms in total. The molecule has 1 fully saturated rings. The Morgan fingerprint density at radius 1 is 1.29 bits per heavy atom. The summed E-state index contributed by atoms with van der Waals surface area (Å²) in [6.45, 7) is 0. The van der Waals surface area contributed by atoms with E-state index in [-0.39, 0.29) is 11.9 Å². The van der Waals surface area contributed by atoms with Gasteiger partial charge < -0.3 is 10.1 Å². The second-order valence-electron chi connectivity index (χ2n) is 4.29. The molecule has 1 aliphatic rings. The van der Waals surface area contributed by atoms with E-state index < -0.39 is 0 Å². The Kier molecular flexibility index (Phi) is 3.90. The van der Waals surface area contributed by atoms with Crippen LogP contribution in [0.4, 0.5) is 5.95 Å². The third-order valence-electron chi connectivity index (χ3n) is 3.16. The summed E-state index contributed by atoms with van der Waals surface area (Å²) < 4.78 is 4.76. The predicted octanol–water partition coefficient (Wildman–Crippen LogP) is 1.62. The quantitative estimate of drug-likeness (QED) is 0.806. The second kappa shape index (κ2) is 5.61. The molecule has 0 amide bonds. The molecular weight excluding hydrogens is 218 g/mol. The number of carbonyl (C=O) groups excluding carboxylic acids is 1. The lowest BCUT2D eigenvalue weighted by atomic mass is 9.86. The molecule has 1 heterocycles. The number of esters is 1. The van der Waals surface area contributed by atoms with Crippen molar-refractivity contribution in [3.05, 3.63) is 18.5 Å². The monoisotopic (exact) mass is 235 g/mol. The SMILES string of the molecule is COC(=O)C1CCC(Nc2ncccn2)CC1. The van der Waals surface area contributed by atoms with Crippen molar-refractivity contribution in [1.29, 1.82) is 0 Å². The van der Waals surface area contributed by atoms with Gasteiger partial charge in [-0.3, -0.25) is 4.79 Å². The highest BCUT2D eigenvalue weighted by Gasteiger charge is 2.26. The average molecular weight is 235 g/mol. The van der Waals surface area contributed by atoms with Gasteiger partial charge in [-0.25, -0.2) is 9.97 Å². The minimum atomic E-state index is -0.0839. The number of hydrogen-bond acceptors (Lipinski definition) is 5. The molecule has 0 aromatic carbocycles. The Balaban J connectivity index is 1.82. The van der Waals surface area contributed by atoms with Crippen molar-refractivity contribution in [2.24, 2.45) is 5.92 Å². The molecule has 0 spiro atoms. The zero-order valence-electron chi connectivity index (χ0n) is 9.93. The number of hydrogen-bond donors (Lipinski definition) is 1. The molecule has 92 valence electrons. The smallest absolute Gasteiger partial charge is 0.308 e. The van der Waals surface area contributed by atoms with E-state index in [1.54, 1.807) is 18.5 Å². The maximum atomic E-state index is 11.4. The molecule has 0 bridgehead atoms. The summed E-state index contributed by atoms with van der Waals surface area (Å²) in [6, 6.07) is 2.15. The molecule has 0 atom stereocenters. The highest BCUT2D eigenvalue weighted by Crippen LogP contribution is 2.26. The van der Waals surface area contributed by atoms with Crippen LogP contribution in [0.15, 0.2) is 18.5 Å². The van der Waals surface area contributed by atoms with E-state index in [4.69, 9.17) is 4.74 Å². The van der Waals surface area contributed by atoms with Gasteiger partial charge in [0.2, 0.25) is 5.95 Å². The standard InChI is InChI=1S/C12H17N3O2/c1-17-11(16)9-3-5-10(6-4-9)15-12-13-7-2-8-14-12/h2,7-10H,3-6H2,1H3,(H,13,14,15). The van der Waals surface area contributed by atoms with E-state index >= 15 is 0 Å². The van der Waals surface area contributed by atoms with Gasteiger partial charge in [-0.1, -0.05) is 0 Å². The average Bonchev–Trinajstić information content (AvgIpc) is 2.40. The number of nitrogens with zero attached hydrogens (tertiary/aromatic N) is 2. The van der Waals surface area contributed by atoms with E-state index in [0.29, 0.717) is 12.0 Å². The Labute approximate surface area is 101 Å². The van der Waals surface area contributed by atoms with Gasteiger partial charge >= 0.3 is 5.97 Å². The molecule has 1 saturated carbocycles. The van der Waals surface area contributed by atoms with Gasteiger partial charge in [-0.15, -0.1) is 0 Å². The first kappa shape index (κ1) is 11.8. The maximum Gasteiger partial charge on any atom is 0.308 e. The number of methoxy groups -OCH3 is 1. The van der Waals surface area contributed by atoms with Crippen molar-refractivity contribution in [1.82, 2.24) is 9.97 Å². The third-order valence-corrected chi connectivity index (χ3v) is 3.16. The highest BCUT2D eigenvalue weighted by molar-refractivity contribution is 5.72. The first-order chi connectivity index (χ1) is 8.29. The molecule has 5 heteroatoms. The Morgan fingerprint density at radius 3 is 2.53 bits per heavy atom. The van der Waals surface area contributed by atoms with E-state index in [9.17, 15) is 4.79 Å².